The van der Waals surface area contributed by atoms with E-state index in [1.54, 1.807) is 17.9 Å². The number of hydrogen-bond donors (Lipinski definition) is 1. The third-order valence-corrected chi connectivity index (χ3v) is 4.55. The molecule has 3 aromatic rings. The van der Waals surface area contributed by atoms with Crippen LogP contribution in [0, 0.1) is 0 Å². The number of halogens is 3. The van der Waals surface area contributed by atoms with Crippen molar-refractivity contribution in [1.29, 1.82) is 0 Å². The SMILES string of the molecule is COc1ccc(C2=C[C@@H](c3cc(Cl)ccc3OC(F)F)n3ncnc3N2)cc1. The molecule has 0 spiro atoms. The van der Waals surface area contributed by atoms with Gasteiger partial charge in [-0.25, -0.2) is 4.68 Å². The van der Waals surface area contributed by atoms with E-state index in [0.29, 0.717) is 16.5 Å². The van der Waals surface area contributed by atoms with E-state index in [2.05, 4.69) is 15.4 Å². The molecule has 0 aliphatic carbocycles. The van der Waals surface area contributed by atoms with E-state index in [4.69, 9.17) is 21.1 Å². The number of alkyl halides is 2. The Bertz CT molecular complexity index is 1020. The molecule has 144 valence electrons. The number of nitrogens with zero attached hydrogens (tertiary/aromatic N) is 3. The Hall–Kier alpha value is -3.13. The number of hydrogen-bond acceptors (Lipinski definition) is 5. The molecule has 0 amide bonds. The van der Waals surface area contributed by atoms with Crippen LogP contribution < -0.4 is 14.8 Å². The highest BCUT2D eigenvalue weighted by atomic mass is 35.5. The van der Waals surface area contributed by atoms with Crippen LogP contribution in [-0.2, 0) is 0 Å². The highest BCUT2D eigenvalue weighted by Crippen LogP contribution is 2.38. The Morgan fingerprint density at radius 3 is 2.68 bits per heavy atom. The monoisotopic (exact) mass is 404 g/mol. The number of ether oxygens (including phenoxy) is 2. The first kappa shape index (κ1) is 18.2. The second kappa shape index (κ2) is 7.47. The van der Waals surface area contributed by atoms with E-state index < -0.39 is 12.7 Å². The maximum atomic E-state index is 12.9. The van der Waals surface area contributed by atoms with Gasteiger partial charge in [0.2, 0.25) is 5.95 Å². The number of benzene rings is 2. The average Bonchev–Trinajstić information content (AvgIpc) is 3.17. The zero-order chi connectivity index (χ0) is 19.7. The van der Waals surface area contributed by atoms with Crippen molar-refractivity contribution < 1.29 is 18.3 Å². The van der Waals surface area contributed by atoms with Gasteiger partial charge in [-0.3, -0.25) is 0 Å². The molecule has 6 nitrogen and oxygen atoms in total. The van der Waals surface area contributed by atoms with E-state index >= 15 is 0 Å². The molecule has 0 unspecified atom stereocenters. The van der Waals surface area contributed by atoms with Crippen LogP contribution in [0.15, 0.2) is 54.9 Å². The fourth-order valence-electron chi connectivity index (χ4n) is 3.05. The van der Waals surface area contributed by atoms with Crippen LogP contribution in [-0.4, -0.2) is 28.5 Å². The molecule has 1 aliphatic heterocycles. The summed E-state index contributed by atoms with van der Waals surface area (Å²) in [5.41, 5.74) is 2.07. The summed E-state index contributed by atoms with van der Waals surface area (Å²) >= 11 is 6.12. The van der Waals surface area contributed by atoms with Gasteiger partial charge in [-0.2, -0.15) is 18.9 Å². The number of rotatable bonds is 5. The van der Waals surface area contributed by atoms with Crippen molar-refractivity contribution >= 4 is 23.2 Å². The smallest absolute Gasteiger partial charge is 0.387 e. The number of methoxy groups -OCH3 is 1. The Labute approximate surface area is 164 Å². The van der Waals surface area contributed by atoms with E-state index in [1.807, 2.05) is 30.3 Å². The van der Waals surface area contributed by atoms with Crippen LogP contribution in [0.5, 0.6) is 11.5 Å². The molecule has 0 saturated carbocycles. The molecule has 4 rings (SSSR count). The number of aromatic nitrogens is 3. The zero-order valence-electron chi connectivity index (χ0n) is 14.6. The molecule has 9 heteroatoms. The van der Waals surface area contributed by atoms with Gasteiger partial charge in [0.1, 0.15) is 23.9 Å². The molecule has 0 bridgehead atoms. The van der Waals surface area contributed by atoms with Crippen molar-refractivity contribution in [3.8, 4) is 11.5 Å². The van der Waals surface area contributed by atoms with Gasteiger partial charge in [-0.1, -0.05) is 11.6 Å². The molecule has 1 atom stereocenters. The highest BCUT2D eigenvalue weighted by Gasteiger charge is 2.27. The lowest BCUT2D eigenvalue weighted by atomic mass is 10.0. The molecule has 0 radical (unpaired) electrons. The summed E-state index contributed by atoms with van der Waals surface area (Å²) in [6, 6.07) is 11.4. The van der Waals surface area contributed by atoms with E-state index in [-0.39, 0.29) is 5.75 Å². The fourth-order valence-corrected chi connectivity index (χ4v) is 3.23. The summed E-state index contributed by atoms with van der Waals surface area (Å²) in [7, 11) is 1.59. The van der Waals surface area contributed by atoms with Crippen LogP contribution in [0.2, 0.25) is 5.02 Å². The molecule has 2 heterocycles. The third kappa shape index (κ3) is 3.50. The Morgan fingerprint density at radius 2 is 1.96 bits per heavy atom. The maximum absolute atomic E-state index is 12.9. The van der Waals surface area contributed by atoms with E-state index in [9.17, 15) is 8.78 Å². The Morgan fingerprint density at radius 1 is 1.18 bits per heavy atom. The van der Waals surface area contributed by atoms with Crippen molar-refractivity contribution in [3.05, 3.63) is 71.0 Å². The predicted octanol–water partition coefficient (Wildman–Crippen LogP) is 4.60. The summed E-state index contributed by atoms with van der Waals surface area (Å²) in [5, 5.41) is 7.80. The van der Waals surface area contributed by atoms with E-state index in [1.165, 1.54) is 18.5 Å². The van der Waals surface area contributed by atoms with Gasteiger partial charge in [0.15, 0.2) is 0 Å². The largest absolute Gasteiger partial charge is 0.497 e. The molecule has 2 aromatic carbocycles. The summed E-state index contributed by atoms with van der Waals surface area (Å²) < 4.78 is 37.2. The van der Waals surface area contributed by atoms with Crippen LogP contribution in [0.1, 0.15) is 17.2 Å². The highest BCUT2D eigenvalue weighted by molar-refractivity contribution is 6.30. The topological polar surface area (TPSA) is 61.2 Å². The molecule has 1 aromatic heterocycles. The number of fused-ring (bicyclic) bond motifs is 1. The standard InChI is InChI=1S/C19H15ClF2N4O2/c1-27-13-5-2-11(3-6-13)15-9-16(26-19(25-15)23-10-24-26)14-8-12(20)4-7-17(14)28-18(21)22/h2-10,16,18H,1H3,(H,23,24,25)/t16-/m0/s1. The second-order valence-corrected chi connectivity index (χ2v) is 6.40. The second-order valence-electron chi connectivity index (χ2n) is 5.97. The van der Waals surface area contributed by atoms with Crippen molar-refractivity contribution in [2.45, 2.75) is 12.7 Å². The lowest BCUT2D eigenvalue weighted by Crippen LogP contribution is -2.21. The lowest BCUT2D eigenvalue weighted by Gasteiger charge is -2.26. The predicted molar refractivity (Wildman–Crippen MR) is 101 cm³/mol. The number of anilines is 1. The van der Waals surface area contributed by atoms with Crippen molar-refractivity contribution in [2.75, 3.05) is 12.4 Å². The molecule has 28 heavy (non-hydrogen) atoms. The summed E-state index contributed by atoms with van der Waals surface area (Å²) in [6.07, 6.45) is 3.24. The minimum Gasteiger partial charge on any atom is -0.497 e. The van der Waals surface area contributed by atoms with E-state index in [0.717, 1.165) is 17.0 Å². The van der Waals surface area contributed by atoms with Crippen LogP contribution in [0.3, 0.4) is 0 Å². The van der Waals surface area contributed by atoms with Crippen molar-refractivity contribution in [2.24, 2.45) is 0 Å². The van der Waals surface area contributed by atoms with Gasteiger partial charge in [-0.15, -0.1) is 0 Å². The van der Waals surface area contributed by atoms with Gasteiger partial charge in [0.05, 0.1) is 7.11 Å². The molecule has 1 aliphatic rings. The van der Waals surface area contributed by atoms with Crippen LogP contribution in [0.4, 0.5) is 14.7 Å². The van der Waals surface area contributed by atoms with Crippen molar-refractivity contribution in [1.82, 2.24) is 14.8 Å². The lowest BCUT2D eigenvalue weighted by molar-refractivity contribution is -0.0506. The van der Waals surface area contributed by atoms with Crippen LogP contribution >= 0.6 is 11.6 Å². The third-order valence-electron chi connectivity index (χ3n) is 4.32. The zero-order valence-corrected chi connectivity index (χ0v) is 15.4. The summed E-state index contributed by atoms with van der Waals surface area (Å²) in [6.45, 7) is -2.96. The van der Waals surface area contributed by atoms with Gasteiger partial charge in [-0.05, 0) is 54.1 Å². The summed E-state index contributed by atoms with van der Waals surface area (Å²) in [4.78, 5) is 4.21. The molecular formula is C19H15ClF2N4O2. The Balaban J connectivity index is 1.81. The first-order chi connectivity index (χ1) is 13.5. The average molecular weight is 405 g/mol. The molecule has 0 fully saturated rings. The maximum Gasteiger partial charge on any atom is 0.387 e. The molecule has 0 saturated heterocycles. The quantitative estimate of drug-likeness (QED) is 0.673. The number of nitrogens with one attached hydrogen (secondary N) is 1. The normalized spacial score (nSPS) is 15.6. The fraction of sp³-hybridized carbons (Fsp3) is 0.158. The number of allylic oxidation sites excluding steroid dienone is 1. The van der Waals surface area contributed by atoms with Gasteiger partial charge >= 0.3 is 6.61 Å². The van der Waals surface area contributed by atoms with Gasteiger partial charge in [0.25, 0.3) is 0 Å². The minimum atomic E-state index is -2.96. The minimum absolute atomic E-state index is 0.0260. The summed E-state index contributed by atoms with van der Waals surface area (Å²) in [5.74, 6) is 1.22. The first-order valence-electron chi connectivity index (χ1n) is 8.32. The van der Waals surface area contributed by atoms with Gasteiger partial charge in [0, 0.05) is 16.3 Å². The van der Waals surface area contributed by atoms with Gasteiger partial charge < -0.3 is 14.8 Å². The molecular weight excluding hydrogens is 390 g/mol. The van der Waals surface area contributed by atoms with Crippen molar-refractivity contribution in [3.63, 3.8) is 0 Å². The molecule has 1 N–H and O–H groups in total. The Kier molecular flexibility index (Phi) is 4.87. The van der Waals surface area contributed by atoms with Crippen LogP contribution in [0.25, 0.3) is 5.70 Å². The first-order valence-corrected chi connectivity index (χ1v) is 8.70.